The number of nitrogens with zero attached hydrogens (tertiary/aromatic N) is 1. The Hall–Kier alpha value is -0.970. The quantitative estimate of drug-likeness (QED) is 0.755. The summed E-state index contributed by atoms with van der Waals surface area (Å²) in [5.41, 5.74) is 5.33. The number of alkyl halides is 2. The van der Waals surface area contributed by atoms with Crippen LogP contribution in [-0.4, -0.2) is 16.0 Å². The van der Waals surface area contributed by atoms with Crippen LogP contribution in [0.3, 0.4) is 0 Å². The smallest absolute Gasteiger partial charge is 0.286 e. The standard InChI is InChI=1S/C8H13F2N3/c1-5(11)3-7-12-4-6(13-7)8(2,9)10/h4-5H,3,11H2,1-2H3,(H,12,13). The van der Waals surface area contributed by atoms with Gasteiger partial charge in [-0.15, -0.1) is 0 Å². The van der Waals surface area contributed by atoms with Crippen LogP contribution in [0, 0.1) is 0 Å². The summed E-state index contributed by atoms with van der Waals surface area (Å²) in [6.07, 6.45) is 1.63. The second-order valence-electron chi connectivity index (χ2n) is 3.31. The van der Waals surface area contributed by atoms with Crippen molar-refractivity contribution in [3.05, 3.63) is 17.7 Å². The van der Waals surface area contributed by atoms with Crippen molar-refractivity contribution < 1.29 is 8.78 Å². The largest absolute Gasteiger partial charge is 0.341 e. The number of nitrogens with two attached hydrogens (primary N) is 1. The van der Waals surface area contributed by atoms with Gasteiger partial charge in [0.05, 0.1) is 6.20 Å². The van der Waals surface area contributed by atoms with Gasteiger partial charge in [0.2, 0.25) is 0 Å². The van der Waals surface area contributed by atoms with Crippen molar-refractivity contribution in [1.82, 2.24) is 9.97 Å². The molecule has 0 spiro atoms. The SMILES string of the molecule is CC(N)Cc1ncc(C(C)(F)F)[nH]1. The van der Waals surface area contributed by atoms with Crippen LogP contribution in [0.1, 0.15) is 25.4 Å². The Bertz CT molecular complexity index is 275. The van der Waals surface area contributed by atoms with Crippen LogP contribution in [0.4, 0.5) is 8.78 Å². The lowest BCUT2D eigenvalue weighted by Gasteiger charge is -2.06. The molecule has 0 saturated heterocycles. The third kappa shape index (κ3) is 2.77. The molecule has 1 rings (SSSR count). The van der Waals surface area contributed by atoms with Crippen LogP contribution in [0.5, 0.6) is 0 Å². The van der Waals surface area contributed by atoms with Gasteiger partial charge in [-0.2, -0.15) is 8.78 Å². The second-order valence-corrected chi connectivity index (χ2v) is 3.31. The Morgan fingerprint density at radius 3 is 2.69 bits per heavy atom. The van der Waals surface area contributed by atoms with E-state index in [0.29, 0.717) is 12.2 Å². The van der Waals surface area contributed by atoms with Crippen LogP contribution in [0.2, 0.25) is 0 Å². The molecule has 74 valence electrons. The Kier molecular flexibility index (Phi) is 2.66. The molecule has 1 aromatic heterocycles. The summed E-state index contributed by atoms with van der Waals surface area (Å²) >= 11 is 0. The van der Waals surface area contributed by atoms with E-state index in [1.165, 1.54) is 0 Å². The summed E-state index contributed by atoms with van der Waals surface area (Å²) in [7, 11) is 0. The zero-order valence-electron chi connectivity index (χ0n) is 7.64. The van der Waals surface area contributed by atoms with E-state index in [2.05, 4.69) is 9.97 Å². The average Bonchev–Trinajstić information content (AvgIpc) is 2.32. The van der Waals surface area contributed by atoms with Crippen molar-refractivity contribution in [1.29, 1.82) is 0 Å². The van der Waals surface area contributed by atoms with Crippen molar-refractivity contribution in [2.45, 2.75) is 32.2 Å². The fraction of sp³-hybridized carbons (Fsp3) is 0.625. The molecule has 1 heterocycles. The lowest BCUT2D eigenvalue weighted by atomic mass is 10.2. The maximum atomic E-state index is 12.7. The summed E-state index contributed by atoms with van der Waals surface area (Å²) in [4.78, 5) is 6.35. The van der Waals surface area contributed by atoms with E-state index >= 15 is 0 Å². The molecule has 0 aliphatic rings. The minimum absolute atomic E-state index is 0.0792. The molecule has 0 bridgehead atoms. The van der Waals surface area contributed by atoms with Gasteiger partial charge in [0.15, 0.2) is 0 Å². The van der Waals surface area contributed by atoms with E-state index in [0.717, 1.165) is 13.1 Å². The molecular formula is C8H13F2N3. The van der Waals surface area contributed by atoms with Gasteiger partial charge in [-0.25, -0.2) is 4.98 Å². The first-order chi connectivity index (χ1) is 5.89. The monoisotopic (exact) mass is 189 g/mol. The molecule has 0 amide bonds. The second kappa shape index (κ2) is 3.41. The van der Waals surface area contributed by atoms with Crippen molar-refractivity contribution >= 4 is 0 Å². The van der Waals surface area contributed by atoms with E-state index in [9.17, 15) is 8.78 Å². The highest BCUT2D eigenvalue weighted by atomic mass is 19.3. The van der Waals surface area contributed by atoms with E-state index in [4.69, 9.17) is 5.73 Å². The van der Waals surface area contributed by atoms with E-state index in [1.54, 1.807) is 6.92 Å². The summed E-state index contributed by atoms with van der Waals surface area (Å²) in [6, 6.07) is -0.0792. The van der Waals surface area contributed by atoms with Gasteiger partial charge in [0.25, 0.3) is 5.92 Å². The molecule has 0 fully saturated rings. The van der Waals surface area contributed by atoms with Crippen LogP contribution < -0.4 is 5.73 Å². The zero-order chi connectivity index (χ0) is 10.1. The lowest BCUT2D eigenvalue weighted by Crippen LogP contribution is -2.18. The highest BCUT2D eigenvalue weighted by Gasteiger charge is 2.26. The molecule has 13 heavy (non-hydrogen) atoms. The Balaban J connectivity index is 2.75. The van der Waals surface area contributed by atoms with Crippen LogP contribution in [-0.2, 0) is 12.3 Å². The molecule has 0 aromatic carbocycles. The third-order valence-electron chi connectivity index (χ3n) is 1.62. The van der Waals surface area contributed by atoms with E-state index < -0.39 is 5.92 Å². The molecule has 3 nitrogen and oxygen atoms in total. The predicted octanol–water partition coefficient (Wildman–Crippen LogP) is 1.41. The lowest BCUT2D eigenvalue weighted by molar-refractivity contribution is 0.0131. The highest BCUT2D eigenvalue weighted by molar-refractivity contribution is 5.07. The Morgan fingerprint density at radius 2 is 2.31 bits per heavy atom. The van der Waals surface area contributed by atoms with E-state index in [1.807, 2.05) is 0 Å². The van der Waals surface area contributed by atoms with E-state index in [-0.39, 0.29) is 11.7 Å². The minimum Gasteiger partial charge on any atom is -0.341 e. The number of halogens is 2. The van der Waals surface area contributed by atoms with Crippen molar-refractivity contribution in [3.63, 3.8) is 0 Å². The predicted molar refractivity (Wildman–Crippen MR) is 45.5 cm³/mol. The maximum Gasteiger partial charge on any atom is 0.286 e. The topological polar surface area (TPSA) is 54.7 Å². The number of nitrogens with one attached hydrogen (secondary N) is 1. The normalized spacial score (nSPS) is 14.5. The van der Waals surface area contributed by atoms with Crippen LogP contribution in [0.15, 0.2) is 6.20 Å². The minimum atomic E-state index is -2.86. The first kappa shape index (κ1) is 10.1. The number of hydrogen-bond donors (Lipinski definition) is 2. The average molecular weight is 189 g/mol. The fourth-order valence-corrected chi connectivity index (χ4v) is 0.994. The van der Waals surface area contributed by atoms with Crippen LogP contribution >= 0.6 is 0 Å². The fourth-order valence-electron chi connectivity index (χ4n) is 0.994. The van der Waals surface area contributed by atoms with Gasteiger partial charge in [0, 0.05) is 19.4 Å². The molecule has 0 saturated carbocycles. The molecule has 0 aliphatic carbocycles. The van der Waals surface area contributed by atoms with Gasteiger partial charge in [-0.1, -0.05) is 0 Å². The number of H-pyrrole nitrogens is 1. The number of hydrogen-bond acceptors (Lipinski definition) is 2. The molecule has 1 atom stereocenters. The molecule has 1 aromatic rings. The van der Waals surface area contributed by atoms with Crippen molar-refractivity contribution in [2.24, 2.45) is 5.73 Å². The zero-order valence-corrected chi connectivity index (χ0v) is 7.64. The van der Waals surface area contributed by atoms with Gasteiger partial charge >= 0.3 is 0 Å². The molecular weight excluding hydrogens is 176 g/mol. The first-order valence-electron chi connectivity index (χ1n) is 4.07. The molecule has 5 heteroatoms. The number of rotatable bonds is 3. The molecule has 1 unspecified atom stereocenters. The molecule has 0 aliphatic heterocycles. The van der Waals surface area contributed by atoms with Gasteiger partial charge < -0.3 is 10.7 Å². The molecule has 0 radical (unpaired) electrons. The highest BCUT2D eigenvalue weighted by Crippen LogP contribution is 2.24. The van der Waals surface area contributed by atoms with Gasteiger partial charge in [-0.3, -0.25) is 0 Å². The maximum absolute atomic E-state index is 12.7. The summed E-state index contributed by atoms with van der Waals surface area (Å²) in [6.45, 7) is 2.63. The number of imidazole rings is 1. The summed E-state index contributed by atoms with van der Waals surface area (Å²) in [5, 5.41) is 0. The van der Waals surface area contributed by atoms with Gasteiger partial charge in [0.1, 0.15) is 11.5 Å². The summed E-state index contributed by atoms with van der Waals surface area (Å²) in [5.74, 6) is -2.35. The first-order valence-corrected chi connectivity index (χ1v) is 4.07. The van der Waals surface area contributed by atoms with Gasteiger partial charge in [-0.05, 0) is 6.92 Å². The van der Waals surface area contributed by atoms with Crippen LogP contribution in [0.25, 0.3) is 0 Å². The number of aromatic amines is 1. The number of aromatic nitrogens is 2. The molecule has 3 N–H and O–H groups in total. The Labute approximate surface area is 75.4 Å². The van der Waals surface area contributed by atoms with Crippen molar-refractivity contribution in [2.75, 3.05) is 0 Å². The third-order valence-corrected chi connectivity index (χ3v) is 1.62. The summed E-state index contributed by atoms with van der Waals surface area (Å²) < 4.78 is 25.4. The van der Waals surface area contributed by atoms with Crippen molar-refractivity contribution in [3.8, 4) is 0 Å². The Morgan fingerprint density at radius 1 is 1.69 bits per heavy atom.